The van der Waals surface area contributed by atoms with Gasteiger partial charge in [0, 0.05) is 24.3 Å². The van der Waals surface area contributed by atoms with Gasteiger partial charge in [0.25, 0.3) is 0 Å². The Balaban J connectivity index is 1.45. The number of amides is 2. The lowest BCUT2D eigenvalue weighted by atomic mass is 10.2. The van der Waals surface area contributed by atoms with Crippen molar-refractivity contribution in [2.24, 2.45) is 0 Å². The van der Waals surface area contributed by atoms with Crippen molar-refractivity contribution in [1.29, 1.82) is 0 Å². The number of piperazine rings is 1. The van der Waals surface area contributed by atoms with E-state index in [4.69, 9.17) is 4.98 Å². The van der Waals surface area contributed by atoms with Crippen molar-refractivity contribution in [2.75, 3.05) is 25.0 Å². The van der Waals surface area contributed by atoms with E-state index in [1.54, 1.807) is 11.3 Å². The molecule has 7 heteroatoms. The van der Waals surface area contributed by atoms with Crippen LogP contribution in [0.1, 0.15) is 12.5 Å². The third-order valence-electron chi connectivity index (χ3n) is 4.94. The number of thiazole rings is 1. The van der Waals surface area contributed by atoms with Gasteiger partial charge in [-0.3, -0.25) is 14.5 Å². The van der Waals surface area contributed by atoms with Gasteiger partial charge in [0.05, 0.1) is 22.8 Å². The number of hydrogen-bond acceptors (Lipinski definition) is 5. The highest BCUT2D eigenvalue weighted by Crippen LogP contribution is 2.31. The van der Waals surface area contributed by atoms with E-state index in [1.807, 2.05) is 42.2 Å². The smallest absolute Gasteiger partial charge is 0.241 e. The molecule has 0 spiro atoms. The van der Waals surface area contributed by atoms with Crippen LogP contribution in [0.4, 0.5) is 5.69 Å². The number of anilines is 1. The molecule has 1 aliphatic heterocycles. The van der Waals surface area contributed by atoms with Gasteiger partial charge in [0.2, 0.25) is 11.8 Å². The molecule has 1 atom stereocenters. The molecule has 2 heterocycles. The number of carbonyl (C=O) groups is 2. The predicted octanol–water partition coefficient (Wildman–Crippen LogP) is 3.03. The molecule has 1 saturated heterocycles. The molecule has 0 radical (unpaired) electrons. The number of benzene rings is 2. The maximum atomic E-state index is 12.5. The number of rotatable bonds is 4. The fourth-order valence-electron chi connectivity index (χ4n) is 3.25. The lowest BCUT2D eigenvalue weighted by Gasteiger charge is -2.31. The van der Waals surface area contributed by atoms with Crippen molar-refractivity contribution in [3.63, 3.8) is 0 Å². The molecule has 4 rings (SSSR count). The van der Waals surface area contributed by atoms with Crippen molar-refractivity contribution in [3.8, 4) is 10.6 Å². The first-order valence-corrected chi connectivity index (χ1v) is 10.1. The maximum Gasteiger partial charge on any atom is 0.241 e. The molecule has 2 aromatic carbocycles. The normalized spacial score (nSPS) is 16.0. The molecule has 2 N–H and O–H groups in total. The van der Waals surface area contributed by atoms with Crippen LogP contribution in [-0.2, 0) is 9.59 Å². The molecule has 144 valence electrons. The molecular formula is C21H22N4O2S. The summed E-state index contributed by atoms with van der Waals surface area (Å²) in [5.41, 5.74) is 3.99. The van der Waals surface area contributed by atoms with Crippen LogP contribution in [0, 0.1) is 6.92 Å². The molecular weight excluding hydrogens is 372 g/mol. The van der Waals surface area contributed by atoms with E-state index >= 15 is 0 Å². The van der Waals surface area contributed by atoms with Crippen LogP contribution in [0.25, 0.3) is 20.8 Å². The average Bonchev–Trinajstić information content (AvgIpc) is 3.11. The zero-order valence-corrected chi connectivity index (χ0v) is 16.7. The summed E-state index contributed by atoms with van der Waals surface area (Å²) in [5.74, 6) is -0.154. The highest BCUT2D eigenvalue weighted by molar-refractivity contribution is 7.21. The van der Waals surface area contributed by atoms with E-state index in [0.717, 1.165) is 21.8 Å². The summed E-state index contributed by atoms with van der Waals surface area (Å²) < 4.78 is 1.17. The van der Waals surface area contributed by atoms with Crippen molar-refractivity contribution < 1.29 is 9.59 Å². The molecule has 1 fully saturated rings. The second kappa shape index (κ2) is 7.69. The van der Waals surface area contributed by atoms with Gasteiger partial charge in [-0.1, -0.05) is 6.07 Å². The zero-order valence-electron chi connectivity index (χ0n) is 15.9. The molecule has 3 aromatic rings. The van der Waals surface area contributed by atoms with Gasteiger partial charge < -0.3 is 10.6 Å². The van der Waals surface area contributed by atoms with E-state index in [9.17, 15) is 9.59 Å². The van der Waals surface area contributed by atoms with E-state index in [1.165, 1.54) is 10.3 Å². The summed E-state index contributed by atoms with van der Waals surface area (Å²) in [6.07, 6.45) is 0. The number of nitrogens with one attached hydrogen (secondary N) is 2. The summed E-state index contributed by atoms with van der Waals surface area (Å²) in [6.45, 7) is 5.41. The van der Waals surface area contributed by atoms with Gasteiger partial charge in [-0.2, -0.15) is 0 Å². The van der Waals surface area contributed by atoms with Gasteiger partial charge in [0.1, 0.15) is 5.01 Å². The van der Waals surface area contributed by atoms with E-state index in [2.05, 4.69) is 29.7 Å². The summed E-state index contributed by atoms with van der Waals surface area (Å²) in [5, 5.41) is 6.67. The lowest BCUT2D eigenvalue weighted by molar-refractivity contribution is -0.127. The standard InChI is InChI=1S/C21H22N4O2S/c1-13-3-8-17-18(11-13)28-21(24-17)15-4-6-16(7-5-15)23-20(27)14(2)25-10-9-22-19(26)12-25/h3-8,11,14H,9-10,12H2,1-2H3,(H,22,26)(H,23,27). The molecule has 2 amide bonds. The van der Waals surface area contributed by atoms with Crippen LogP contribution in [0.2, 0.25) is 0 Å². The number of aryl methyl sites for hydroxylation is 1. The van der Waals surface area contributed by atoms with Gasteiger partial charge in [-0.25, -0.2) is 4.98 Å². The Labute approximate surface area is 167 Å². The fourth-order valence-corrected chi connectivity index (χ4v) is 4.32. The third-order valence-corrected chi connectivity index (χ3v) is 6.01. The summed E-state index contributed by atoms with van der Waals surface area (Å²) >= 11 is 1.67. The van der Waals surface area contributed by atoms with Gasteiger partial charge in [0.15, 0.2) is 0 Å². The van der Waals surface area contributed by atoms with Crippen LogP contribution >= 0.6 is 11.3 Å². The highest BCUT2D eigenvalue weighted by atomic mass is 32.1. The molecule has 1 aromatic heterocycles. The SMILES string of the molecule is Cc1ccc2nc(-c3ccc(NC(=O)C(C)N4CCNC(=O)C4)cc3)sc2c1. The minimum Gasteiger partial charge on any atom is -0.354 e. The van der Waals surface area contributed by atoms with Crippen LogP contribution in [0.3, 0.4) is 0 Å². The molecule has 0 bridgehead atoms. The van der Waals surface area contributed by atoms with Crippen LogP contribution < -0.4 is 10.6 Å². The zero-order chi connectivity index (χ0) is 19.7. The Morgan fingerprint density at radius 1 is 1.25 bits per heavy atom. The number of hydrogen-bond donors (Lipinski definition) is 2. The van der Waals surface area contributed by atoms with Crippen molar-refractivity contribution in [1.82, 2.24) is 15.2 Å². The Bertz CT molecular complexity index is 1030. The van der Waals surface area contributed by atoms with Crippen molar-refractivity contribution in [3.05, 3.63) is 48.0 Å². The molecule has 0 saturated carbocycles. The number of aromatic nitrogens is 1. The Hall–Kier alpha value is -2.77. The fraction of sp³-hybridized carbons (Fsp3) is 0.286. The first-order chi connectivity index (χ1) is 13.5. The summed E-state index contributed by atoms with van der Waals surface area (Å²) in [6, 6.07) is 13.6. The Kier molecular flexibility index (Phi) is 5.11. The monoisotopic (exact) mass is 394 g/mol. The van der Waals surface area contributed by atoms with Crippen LogP contribution in [0.5, 0.6) is 0 Å². The second-order valence-electron chi connectivity index (χ2n) is 7.05. The molecule has 1 aliphatic rings. The van der Waals surface area contributed by atoms with Crippen LogP contribution in [0.15, 0.2) is 42.5 Å². The summed E-state index contributed by atoms with van der Waals surface area (Å²) in [4.78, 5) is 30.6. The predicted molar refractivity (Wildman–Crippen MR) is 112 cm³/mol. The minimum atomic E-state index is -0.363. The van der Waals surface area contributed by atoms with E-state index < -0.39 is 0 Å². The van der Waals surface area contributed by atoms with Gasteiger partial charge in [-0.15, -0.1) is 11.3 Å². The largest absolute Gasteiger partial charge is 0.354 e. The van der Waals surface area contributed by atoms with Crippen LogP contribution in [-0.4, -0.2) is 47.4 Å². The quantitative estimate of drug-likeness (QED) is 0.713. The molecule has 1 unspecified atom stereocenters. The first-order valence-electron chi connectivity index (χ1n) is 9.29. The van der Waals surface area contributed by atoms with Crippen molar-refractivity contribution >= 4 is 39.1 Å². The average molecular weight is 395 g/mol. The highest BCUT2D eigenvalue weighted by Gasteiger charge is 2.25. The lowest BCUT2D eigenvalue weighted by Crippen LogP contribution is -2.53. The van der Waals surface area contributed by atoms with Crippen molar-refractivity contribution in [2.45, 2.75) is 19.9 Å². The topological polar surface area (TPSA) is 74.3 Å². The summed E-state index contributed by atoms with van der Waals surface area (Å²) in [7, 11) is 0. The number of carbonyl (C=O) groups excluding carboxylic acids is 2. The minimum absolute atomic E-state index is 0.0405. The van der Waals surface area contributed by atoms with E-state index in [0.29, 0.717) is 13.1 Å². The number of nitrogens with zero attached hydrogens (tertiary/aromatic N) is 2. The van der Waals surface area contributed by atoms with E-state index in [-0.39, 0.29) is 24.4 Å². The maximum absolute atomic E-state index is 12.5. The number of fused-ring (bicyclic) bond motifs is 1. The first kappa shape index (κ1) is 18.6. The third kappa shape index (κ3) is 3.90. The molecule has 0 aliphatic carbocycles. The van der Waals surface area contributed by atoms with Gasteiger partial charge in [-0.05, 0) is 55.8 Å². The molecule has 28 heavy (non-hydrogen) atoms. The van der Waals surface area contributed by atoms with Gasteiger partial charge >= 0.3 is 0 Å². The Morgan fingerprint density at radius 3 is 2.79 bits per heavy atom. The molecule has 6 nitrogen and oxygen atoms in total. The Morgan fingerprint density at radius 2 is 2.04 bits per heavy atom. The second-order valence-corrected chi connectivity index (χ2v) is 8.08.